The normalized spacial score (nSPS) is 12.7. The largest absolute Gasteiger partial charge is 0.494 e. The van der Waals surface area contributed by atoms with Gasteiger partial charge in [0.25, 0.3) is 11.8 Å². The van der Waals surface area contributed by atoms with Crippen LogP contribution in [0.1, 0.15) is 84.9 Å². The molecule has 3 aromatic carbocycles. The minimum atomic E-state index is -0.137. The van der Waals surface area contributed by atoms with E-state index < -0.39 is 0 Å². The molecule has 0 spiro atoms. The first-order valence-corrected chi connectivity index (χ1v) is 13.5. The Balaban J connectivity index is 0.964. The summed E-state index contributed by atoms with van der Waals surface area (Å²) in [4.78, 5) is 26.2. The molecule has 0 atom stereocenters. The highest BCUT2D eigenvalue weighted by molar-refractivity contribution is 6.21. The number of fused-ring (bicyclic) bond motifs is 1. The molecule has 2 amide bonds. The topological polar surface area (TPSA) is 46.6 Å². The Morgan fingerprint density at radius 3 is 1.56 bits per heavy atom. The van der Waals surface area contributed by atoms with Gasteiger partial charge in [0.05, 0.1) is 17.7 Å². The van der Waals surface area contributed by atoms with Gasteiger partial charge in [0, 0.05) is 6.54 Å². The fourth-order valence-corrected chi connectivity index (χ4v) is 4.79. The van der Waals surface area contributed by atoms with E-state index in [-0.39, 0.29) is 11.8 Å². The van der Waals surface area contributed by atoms with Gasteiger partial charge in [-0.25, -0.2) is 0 Å². The number of carbonyl (C=O) groups is 2. The van der Waals surface area contributed by atoms with Crippen LogP contribution in [0.3, 0.4) is 0 Å². The number of ether oxygens (including phenoxy) is 1. The lowest BCUT2D eigenvalue weighted by atomic mass is 10.1. The van der Waals surface area contributed by atoms with Gasteiger partial charge < -0.3 is 4.74 Å². The van der Waals surface area contributed by atoms with Gasteiger partial charge in [0.1, 0.15) is 5.75 Å². The van der Waals surface area contributed by atoms with Crippen molar-refractivity contribution in [1.29, 1.82) is 0 Å². The molecule has 36 heavy (non-hydrogen) atoms. The second-order valence-electron chi connectivity index (χ2n) is 9.58. The Morgan fingerprint density at radius 2 is 0.972 bits per heavy atom. The summed E-state index contributed by atoms with van der Waals surface area (Å²) in [7, 11) is 0. The molecule has 0 unspecified atom stereocenters. The van der Waals surface area contributed by atoms with Crippen molar-refractivity contribution >= 4 is 11.8 Å². The number of amides is 2. The average molecular weight is 484 g/mol. The maximum Gasteiger partial charge on any atom is 0.261 e. The molecule has 0 saturated carbocycles. The van der Waals surface area contributed by atoms with Crippen molar-refractivity contribution in [3.05, 3.63) is 90.0 Å². The highest BCUT2D eigenvalue weighted by Crippen LogP contribution is 2.24. The minimum absolute atomic E-state index is 0.137. The molecule has 4 nitrogen and oxygen atoms in total. The van der Waals surface area contributed by atoms with E-state index in [1.807, 2.05) is 18.2 Å². The number of carbonyl (C=O) groups excluding carboxylic acids is 2. The third-order valence-corrected chi connectivity index (χ3v) is 6.88. The van der Waals surface area contributed by atoms with E-state index in [0.29, 0.717) is 17.7 Å². The van der Waals surface area contributed by atoms with E-state index >= 15 is 0 Å². The van der Waals surface area contributed by atoms with Crippen molar-refractivity contribution < 1.29 is 14.3 Å². The molecular weight excluding hydrogens is 446 g/mol. The standard InChI is InChI=1S/C32H37NO3/c34-31-29-18-12-13-19-30(29)32(35)33(31)24-14-7-5-3-1-2-4-6-8-15-25-36-28-22-20-27(21-23-28)26-16-10-9-11-17-26/h9-13,16-23H,1-8,14-15,24-25H2. The van der Waals surface area contributed by atoms with Crippen LogP contribution < -0.4 is 4.74 Å². The Morgan fingerprint density at radius 1 is 0.500 bits per heavy atom. The van der Waals surface area contributed by atoms with Crippen LogP contribution in [-0.4, -0.2) is 29.9 Å². The first-order chi connectivity index (χ1) is 17.7. The summed E-state index contributed by atoms with van der Waals surface area (Å²) >= 11 is 0. The summed E-state index contributed by atoms with van der Waals surface area (Å²) < 4.78 is 5.90. The lowest BCUT2D eigenvalue weighted by Crippen LogP contribution is -2.30. The number of unbranched alkanes of at least 4 members (excludes halogenated alkanes) is 9. The molecule has 0 radical (unpaired) electrons. The molecule has 1 aliphatic rings. The molecule has 0 fully saturated rings. The number of imide groups is 1. The van der Waals surface area contributed by atoms with Gasteiger partial charge in [-0.1, -0.05) is 106 Å². The third kappa shape index (κ3) is 7.07. The number of nitrogens with zero attached hydrogens (tertiary/aromatic N) is 1. The fraction of sp³-hybridized carbons (Fsp3) is 0.375. The van der Waals surface area contributed by atoms with Crippen LogP contribution >= 0.6 is 0 Å². The van der Waals surface area contributed by atoms with Gasteiger partial charge >= 0.3 is 0 Å². The van der Waals surface area contributed by atoms with Gasteiger partial charge in [-0.3, -0.25) is 14.5 Å². The summed E-state index contributed by atoms with van der Waals surface area (Å²) in [6.45, 7) is 1.31. The highest BCUT2D eigenvalue weighted by atomic mass is 16.5. The first kappa shape index (κ1) is 25.7. The smallest absolute Gasteiger partial charge is 0.261 e. The van der Waals surface area contributed by atoms with Crippen LogP contribution in [0.2, 0.25) is 0 Å². The van der Waals surface area contributed by atoms with Crippen molar-refractivity contribution in [3.8, 4) is 16.9 Å². The summed E-state index contributed by atoms with van der Waals surface area (Å²) in [6, 6.07) is 25.9. The molecule has 4 rings (SSSR count). The fourth-order valence-electron chi connectivity index (χ4n) is 4.79. The van der Waals surface area contributed by atoms with Gasteiger partial charge in [-0.2, -0.15) is 0 Å². The minimum Gasteiger partial charge on any atom is -0.494 e. The molecule has 0 saturated heterocycles. The summed E-state index contributed by atoms with van der Waals surface area (Å²) in [5, 5.41) is 0. The van der Waals surface area contributed by atoms with E-state index in [9.17, 15) is 9.59 Å². The highest BCUT2D eigenvalue weighted by Gasteiger charge is 2.34. The lowest BCUT2D eigenvalue weighted by molar-refractivity contribution is 0.0651. The van der Waals surface area contributed by atoms with Crippen molar-refractivity contribution in [2.24, 2.45) is 0 Å². The first-order valence-electron chi connectivity index (χ1n) is 13.5. The number of hydrogen-bond donors (Lipinski definition) is 0. The van der Waals surface area contributed by atoms with Crippen LogP contribution in [-0.2, 0) is 0 Å². The van der Waals surface area contributed by atoms with E-state index in [2.05, 4.69) is 48.5 Å². The van der Waals surface area contributed by atoms with Crippen molar-refractivity contribution in [3.63, 3.8) is 0 Å². The molecular formula is C32H37NO3. The zero-order chi connectivity index (χ0) is 25.0. The van der Waals surface area contributed by atoms with E-state index in [4.69, 9.17) is 4.74 Å². The predicted molar refractivity (Wildman–Crippen MR) is 145 cm³/mol. The number of hydrogen-bond acceptors (Lipinski definition) is 3. The maximum atomic E-state index is 12.4. The van der Waals surface area contributed by atoms with Gasteiger partial charge in [-0.15, -0.1) is 0 Å². The lowest BCUT2D eigenvalue weighted by Gasteiger charge is -2.13. The number of benzene rings is 3. The van der Waals surface area contributed by atoms with Crippen LogP contribution in [0.4, 0.5) is 0 Å². The van der Waals surface area contributed by atoms with Gasteiger partial charge in [-0.05, 0) is 48.2 Å². The summed E-state index contributed by atoms with van der Waals surface area (Å²) in [5.74, 6) is 0.668. The molecule has 0 bridgehead atoms. The zero-order valence-electron chi connectivity index (χ0n) is 21.2. The molecule has 1 heterocycles. The third-order valence-electron chi connectivity index (χ3n) is 6.88. The average Bonchev–Trinajstić information content (AvgIpc) is 3.17. The maximum absolute atomic E-state index is 12.4. The van der Waals surface area contributed by atoms with E-state index in [1.165, 1.54) is 61.0 Å². The second-order valence-corrected chi connectivity index (χ2v) is 9.58. The van der Waals surface area contributed by atoms with E-state index in [0.717, 1.165) is 31.6 Å². The molecule has 4 heteroatoms. The van der Waals surface area contributed by atoms with Gasteiger partial charge in [0.2, 0.25) is 0 Å². The molecule has 0 aromatic heterocycles. The van der Waals surface area contributed by atoms with Crippen molar-refractivity contribution in [1.82, 2.24) is 4.90 Å². The van der Waals surface area contributed by atoms with Crippen LogP contribution in [0.5, 0.6) is 5.75 Å². The van der Waals surface area contributed by atoms with Crippen LogP contribution in [0.25, 0.3) is 11.1 Å². The quantitative estimate of drug-likeness (QED) is 0.163. The Hall–Kier alpha value is -3.40. The molecule has 1 aliphatic heterocycles. The second kappa shape index (κ2) is 13.6. The Bertz CT molecular complexity index is 1070. The summed E-state index contributed by atoms with van der Waals surface area (Å²) in [6.07, 6.45) is 11.7. The molecule has 3 aromatic rings. The Labute approximate surface area is 215 Å². The van der Waals surface area contributed by atoms with Crippen molar-refractivity contribution in [2.75, 3.05) is 13.2 Å². The summed E-state index contributed by atoms with van der Waals surface area (Å²) in [5.41, 5.74) is 3.54. The van der Waals surface area contributed by atoms with Gasteiger partial charge in [0.15, 0.2) is 0 Å². The monoisotopic (exact) mass is 483 g/mol. The van der Waals surface area contributed by atoms with Crippen LogP contribution in [0.15, 0.2) is 78.9 Å². The van der Waals surface area contributed by atoms with Crippen LogP contribution in [0, 0.1) is 0 Å². The predicted octanol–water partition coefficient (Wildman–Crippen LogP) is 7.93. The van der Waals surface area contributed by atoms with E-state index in [1.54, 1.807) is 12.1 Å². The molecule has 0 aliphatic carbocycles. The van der Waals surface area contributed by atoms with Crippen molar-refractivity contribution in [2.45, 2.75) is 64.2 Å². The SMILES string of the molecule is O=C1c2ccccc2C(=O)N1CCCCCCCCCCCCOc1ccc(-c2ccccc2)cc1. The zero-order valence-corrected chi connectivity index (χ0v) is 21.2. The molecule has 0 N–H and O–H groups in total. The molecule has 188 valence electrons. The Kier molecular flexibility index (Phi) is 9.72. The number of rotatable bonds is 15.